The van der Waals surface area contributed by atoms with Crippen molar-refractivity contribution in [2.24, 2.45) is 13.0 Å². The minimum Gasteiger partial charge on any atom is -0.493 e. The van der Waals surface area contributed by atoms with Gasteiger partial charge < -0.3 is 10.1 Å². The summed E-state index contributed by atoms with van der Waals surface area (Å²) >= 11 is 0. The maximum absolute atomic E-state index is 5.60. The van der Waals surface area contributed by atoms with Gasteiger partial charge in [-0.15, -0.1) is 0 Å². The normalized spacial score (nSPS) is 15.0. The van der Waals surface area contributed by atoms with Crippen molar-refractivity contribution in [3.63, 3.8) is 0 Å². The summed E-state index contributed by atoms with van der Waals surface area (Å²) in [6.07, 6.45) is 2.86. The number of fused-ring (bicyclic) bond motifs is 1. The van der Waals surface area contributed by atoms with Crippen LogP contribution in [0.3, 0.4) is 0 Å². The summed E-state index contributed by atoms with van der Waals surface area (Å²) < 4.78 is 7.51. The number of aryl methyl sites for hydroxylation is 1. The molecule has 0 saturated carbocycles. The second-order valence-electron chi connectivity index (χ2n) is 6.01. The number of nitrogens with zero attached hydrogens (tertiary/aromatic N) is 2. The van der Waals surface area contributed by atoms with E-state index in [1.807, 2.05) is 17.9 Å². The van der Waals surface area contributed by atoms with Crippen molar-refractivity contribution in [2.45, 2.75) is 32.9 Å². The van der Waals surface area contributed by atoms with Crippen LogP contribution in [-0.4, -0.2) is 16.4 Å². The van der Waals surface area contributed by atoms with Crippen molar-refractivity contribution in [1.82, 2.24) is 15.1 Å². The van der Waals surface area contributed by atoms with Crippen molar-refractivity contribution >= 4 is 0 Å². The van der Waals surface area contributed by atoms with Crippen LogP contribution in [-0.2, 0) is 20.0 Å². The van der Waals surface area contributed by atoms with Crippen LogP contribution < -0.4 is 10.1 Å². The van der Waals surface area contributed by atoms with Gasteiger partial charge in [0.15, 0.2) is 0 Å². The van der Waals surface area contributed by atoms with Crippen LogP contribution >= 0.6 is 0 Å². The molecule has 1 unspecified atom stereocenters. The molecule has 112 valence electrons. The Labute approximate surface area is 126 Å². The maximum atomic E-state index is 5.60. The first kappa shape index (κ1) is 14.1. The quantitative estimate of drug-likeness (QED) is 0.918. The average Bonchev–Trinajstić information content (AvgIpc) is 3.07. The Morgan fingerprint density at radius 1 is 1.33 bits per heavy atom. The highest BCUT2D eigenvalue weighted by Crippen LogP contribution is 2.30. The van der Waals surface area contributed by atoms with E-state index >= 15 is 0 Å². The SMILES string of the molecule is CC(C)C(NCc1ccnn1C)c1ccc2c(c1)CCO2. The van der Waals surface area contributed by atoms with Crippen LogP contribution in [0.2, 0.25) is 0 Å². The van der Waals surface area contributed by atoms with Crippen LogP contribution in [0.25, 0.3) is 0 Å². The van der Waals surface area contributed by atoms with E-state index in [9.17, 15) is 0 Å². The van der Waals surface area contributed by atoms with Gasteiger partial charge in [-0.25, -0.2) is 0 Å². The summed E-state index contributed by atoms with van der Waals surface area (Å²) in [5.41, 5.74) is 3.88. The van der Waals surface area contributed by atoms with Crippen molar-refractivity contribution < 1.29 is 4.74 Å². The summed E-state index contributed by atoms with van der Waals surface area (Å²) in [7, 11) is 1.98. The van der Waals surface area contributed by atoms with Gasteiger partial charge >= 0.3 is 0 Å². The zero-order valence-corrected chi connectivity index (χ0v) is 13.0. The Bertz CT molecular complexity index is 618. The monoisotopic (exact) mass is 285 g/mol. The van der Waals surface area contributed by atoms with Crippen LogP contribution in [0.1, 0.15) is 36.7 Å². The molecule has 0 aliphatic carbocycles. The largest absolute Gasteiger partial charge is 0.493 e. The Hall–Kier alpha value is -1.81. The van der Waals surface area contributed by atoms with Gasteiger partial charge in [0.05, 0.1) is 12.3 Å². The lowest BCUT2D eigenvalue weighted by molar-refractivity contribution is 0.356. The molecule has 0 saturated heterocycles. The highest BCUT2D eigenvalue weighted by Gasteiger charge is 2.19. The molecular formula is C17H23N3O. The van der Waals surface area contributed by atoms with Crippen molar-refractivity contribution in [3.05, 3.63) is 47.3 Å². The van der Waals surface area contributed by atoms with Gasteiger partial charge in [-0.3, -0.25) is 4.68 Å². The summed E-state index contributed by atoms with van der Waals surface area (Å²) in [6.45, 7) is 6.15. The topological polar surface area (TPSA) is 39.1 Å². The smallest absolute Gasteiger partial charge is 0.122 e. The van der Waals surface area contributed by atoms with E-state index in [4.69, 9.17) is 4.74 Å². The zero-order chi connectivity index (χ0) is 14.8. The van der Waals surface area contributed by atoms with Gasteiger partial charge in [0.2, 0.25) is 0 Å². The Kier molecular flexibility index (Phi) is 3.97. The molecule has 0 spiro atoms. The molecule has 2 aromatic rings. The fourth-order valence-electron chi connectivity index (χ4n) is 2.93. The minimum atomic E-state index is 0.339. The van der Waals surface area contributed by atoms with Crippen LogP contribution in [0.4, 0.5) is 0 Å². The molecule has 0 amide bonds. The first-order valence-electron chi connectivity index (χ1n) is 7.61. The lowest BCUT2D eigenvalue weighted by atomic mass is 9.94. The summed E-state index contributed by atoms with van der Waals surface area (Å²) in [4.78, 5) is 0. The summed E-state index contributed by atoms with van der Waals surface area (Å²) in [6, 6.07) is 8.99. The predicted molar refractivity (Wildman–Crippen MR) is 83.3 cm³/mol. The molecule has 0 radical (unpaired) electrons. The van der Waals surface area contributed by atoms with E-state index in [0.29, 0.717) is 12.0 Å². The number of benzene rings is 1. The number of nitrogens with one attached hydrogen (secondary N) is 1. The number of aromatic nitrogens is 2. The predicted octanol–water partition coefficient (Wildman–Crippen LogP) is 2.84. The molecule has 3 rings (SSSR count). The van der Waals surface area contributed by atoms with Gasteiger partial charge in [0.1, 0.15) is 5.75 Å². The van der Waals surface area contributed by atoms with Crippen molar-refractivity contribution in [1.29, 1.82) is 0 Å². The van der Waals surface area contributed by atoms with Crippen LogP contribution in [0, 0.1) is 5.92 Å². The first-order chi connectivity index (χ1) is 10.1. The number of ether oxygens (including phenoxy) is 1. The molecular weight excluding hydrogens is 262 g/mol. The van der Waals surface area contributed by atoms with Crippen LogP contribution in [0.5, 0.6) is 5.75 Å². The molecule has 1 aliphatic heterocycles. The summed E-state index contributed by atoms with van der Waals surface area (Å²) in [5, 5.41) is 7.89. The van der Waals surface area contributed by atoms with E-state index in [1.54, 1.807) is 0 Å². The number of hydrogen-bond donors (Lipinski definition) is 1. The average molecular weight is 285 g/mol. The van der Waals surface area contributed by atoms with Gasteiger partial charge in [-0.05, 0) is 29.2 Å². The van der Waals surface area contributed by atoms with Crippen LogP contribution in [0.15, 0.2) is 30.5 Å². The second-order valence-corrected chi connectivity index (χ2v) is 6.01. The lowest BCUT2D eigenvalue weighted by Crippen LogP contribution is -2.26. The minimum absolute atomic E-state index is 0.339. The molecule has 1 aromatic heterocycles. The zero-order valence-electron chi connectivity index (χ0n) is 13.0. The molecule has 1 aromatic carbocycles. The number of hydrogen-bond acceptors (Lipinski definition) is 3. The summed E-state index contributed by atoms with van der Waals surface area (Å²) in [5.74, 6) is 1.58. The molecule has 0 fully saturated rings. The fourth-order valence-corrected chi connectivity index (χ4v) is 2.93. The highest BCUT2D eigenvalue weighted by molar-refractivity contribution is 5.41. The van der Waals surface area contributed by atoms with E-state index in [1.165, 1.54) is 16.8 Å². The van der Waals surface area contributed by atoms with Gasteiger partial charge in [0.25, 0.3) is 0 Å². The molecule has 1 atom stereocenters. The number of rotatable bonds is 5. The maximum Gasteiger partial charge on any atom is 0.122 e. The Morgan fingerprint density at radius 3 is 2.90 bits per heavy atom. The van der Waals surface area contributed by atoms with Crippen molar-refractivity contribution in [3.8, 4) is 5.75 Å². The van der Waals surface area contributed by atoms with E-state index in [2.05, 4.69) is 48.5 Å². The Morgan fingerprint density at radius 2 is 2.19 bits per heavy atom. The first-order valence-corrected chi connectivity index (χ1v) is 7.61. The van der Waals surface area contributed by atoms with E-state index < -0.39 is 0 Å². The molecule has 21 heavy (non-hydrogen) atoms. The molecule has 1 N–H and O–H groups in total. The molecule has 4 nitrogen and oxygen atoms in total. The fraction of sp³-hybridized carbons (Fsp3) is 0.471. The van der Waals surface area contributed by atoms with Gasteiger partial charge in [-0.2, -0.15) is 5.10 Å². The van der Waals surface area contributed by atoms with E-state index in [-0.39, 0.29) is 0 Å². The standard InChI is InChI=1S/C17H23N3O/c1-12(2)17(18-11-15-6-8-19-20(15)3)14-4-5-16-13(10-14)7-9-21-16/h4-6,8,10,12,17-18H,7,9,11H2,1-3H3. The molecule has 2 heterocycles. The van der Waals surface area contributed by atoms with Gasteiger partial charge in [0, 0.05) is 32.3 Å². The van der Waals surface area contributed by atoms with Crippen molar-refractivity contribution in [2.75, 3.05) is 6.61 Å². The van der Waals surface area contributed by atoms with Gasteiger partial charge in [-0.1, -0.05) is 26.0 Å². The Balaban J connectivity index is 1.77. The molecule has 1 aliphatic rings. The third-order valence-electron chi connectivity index (χ3n) is 4.16. The van der Waals surface area contributed by atoms with E-state index in [0.717, 1.165) is 25.3 Å². The molecule has 4 heteroatoms. The third-order valence-corrected chi connectivity index (χ3v) is 4.16. The second kappa shape index (κ2) is 5.90. The third kappa shape index (κ3) is 2.95. The highest BCUT2D eigenvalue weighted by atomic mass is 16.5. The molecule has 0 bridgehead atoms. The lowest BCUT2D eigenvalue weighted by Gasteiger charge is -2.23.